The molecule has 0 atom stereocenters. The van der Waals surface area contributed by atoms with E-state index in [9.17, 15) is 13.6 Å². The number of nitrogens with zero attached hydrogens (tertiary/aromatic N) is 7. The Hall–Kier alpha value is -3.50. The Morgan fingerprint density at radius 2 is 2.00 bits per heavy atom. The van der Waals surface area contributed by atoms with E-state index in [2.05, 4.69) is 25.6 Å². The maximum Gasteiger partial charge on any atom is 0.263 e. The summed E-state index contributed by atoms with van der Waals surface area (Å²) in [6, 6.07) is 4.37. The minimum Gasteiger partial charge on any atom is -0.426 e. The van der Waals surface area contributed by atoms with Gasteiger partial charge in [0, 0.05) is 38.1 Å². The molecular weight excluding hydrogens is 432 g/mol. The molecule has 0 unspecified atom stereocenters. The Labute approximate surface area is 189 Å². The summed E-state index contributed by atoms with van der Waals surface area (Å²) in [5.41, 5.74) is 1.15. The highest BCUT2D eigenvalue weighted by atomic mass is 19.3. The summed E-state index contributed by atoms with van der Waals surface area (Å²) in [5.74, 6) is 1.96. The number of hydrogen-bond acceptors (Lipinski definition) is 7. The lowest BCUT2D eigenvalue weighted by Gasteiger charge is -2.30. The maximum atomic E-state index is 13.2. The normalized spacial score (nSPS) is 15.1. The molecule has 0 aliphatic carbocycles. The van der Waals surface area contributed by atoms with E-state index in [0.29, 0.717) is 54.2 Å². The molecule has 0 radical (unpaired) electrons. The highest BCUT2D eigenvalue weighted by Crippen LogP contribution is 2.24. The largest absolute Gasteiger partial charge is 0.426 e. The summed E-state index contributed by atoms with van der Waals surface area (Å²) in [4.78, 5) is 15.9. The number of alkyl halides is 2. The van der Waals surface area contributed by atoms with Crippen molar-refractivity contribution >= 4 is 12.0 Å². The number of halogens is 2. The number of benzene rings is 1. The predicted molar refractivity (Wildman–Crippen MR) is 114 cm³/mol. The second kappa shape index (κ2) is 9.97. The summed E-state index contributed by atoms with van der Waals surface area (Å²) in [6.45, 7) is 4.92. The zero-order valence-electron chi connectivity index (χ0n) is 18.5. The number of hydrogen-bond donors (Lipinski definition) is 0. The topological polar surface area (TPSA) is 103 Å². The molecule has 174 valence electrons. The molecule has 9 nitrogen and oxygen atoms in total. The summed E-state index contributed by atoms with van der Waals surface area (Å²) < 4.78 is 31.9. The number of piperidine rings is 1. The van der Waals surface area contributed by atoms with Crippen molar-refractivity contribution in [3.05, 3.63) is 58.6 Å². The Kier molecular flexibility index (Phi) is 6.85. The number of likely N-dealkylation sites (tertiary alicyclic amines) is 1. The van der Waals surface area contributed by atoms with Crippen LogP contribution in [-0.4, -0.2) is 54.3 Å². The number of aryl methyl sites for hydroxylation is 2. The molecule has 1 aromatic carbocycles. The number of carbonyl (C=O) groups is 1. The van der Waals surface area contributed by atoms with E-state index < -0.39 is 6.43 Å². The van der Waals surface area contributed by atoms with Gasteiger partial charge in [-0.3, -0.25) is 4.79 Å². The lowest BCUT2D eigenvalue weighted by Crippen LogP contribution is -2.38. The quantitative estimate of drug-likeness (QED) is 0.502. The molecule has 11 heteroatoms. The molecule has 33 heavy (non-hydrogen) atoms. The van der Waals surface area contributed by atoms with E-state index in [1.54, 1.807) is 30.9 Å². The molecule has 1 fully saturated rings. The third-order valence-corrected chi connectivity index (χ3v) is 5.65. The van der Waals surface area contributed by atoms with Gasteiger partial charge in [0.05, 0.1) is 6.54 Å². The van der Waals surface area contributed by atoms with Gasteiger partial charge in [-0.25, -0.2) is 8.78 Å². The van der Waals surface area contributed by atoms with Crippen LogP contribution >= 0.6 is 0 Å². The maximum absolute atomic E-state index is 13.2. The molecule has 4 rings (SSSR count). The Balaban J connectivity index is 1.40. The first-order valence-electron chi connectivity index (χ1n) is 10.8. The molecule has 0 N–H and O–H groups in total. The summed E-state index contributed by atoms with van der Waals surface area (Å²) >= 11 is 0. The van der Waals surface area contributed by atoms with E-state index in [1.165, 1.54) is 23.0 Å². The van der Waals surface area contributed by atoms with Gasteiger partial charge in [-0.15, -0.1) is 20.4 Å². The van der Waals surface area contributed by atoms with Crippen molar-refractivity contribution in [3.63, 3.8) is 0 Å². The van der Waals surface area contributed by atoms with Gasteiger partial charge in [0.1, 0.15) is 0 Å². The average Bonchev–Trinajstić information content (AvgIpc) is 3.40. The summed E-state index contributed by atoms with van der Waals surface area (Å²) in [6.07, 6.45) is 2.98. The van der Waals surface area contributed by atoms with Gasteiger partial charge < -0.3 is 9.32 Å². The third-order valence-electron chi connectivity index (χ3n) is 5.65. The minimum atomic E-state index is -2.59. The fraction of sp³-hybridized carbons (Fsp3) is 0.455. The molecule has 0 saturated carbocycles. The highest BCUT2D eigenvalue weighted by Gasteiger charge is 2.23. The molecule has 1 aliphatic rings. The van der Waals surface area contributed by atoms with Crippen LogP contribution in [0.3, 0.4) is 0 Å². The number of amides is 1. The molecule has 1 aliphatic heterocycles. The predicted octanol–water partition coefficient (Wildman–Crippen LogP) is 3.15. The lowest BCUT2D eigenvalue weighted by molar-refractivity contribution is -0.127. The van der Waals surface area contributed by atoms with Crippen LogP contribution in [0.4, 0.5) is 8.78 Å². The van der Waals surface area contributed by atoms with E-state index in [-0.39, 0.29) is 18.0 Å². The van der Waals surface area contributed by atoms with Crippen LogP contribution in [0.5, 0.6) is 0 Å². The van der Waals surface area contributed by atoms with Crippen LogP contribution in [0.2, 0.25) is 0 Å². The second-order valence-electron chi connectivity index (χ2n) is 8.15. The first-order chi connectivity index (χ1) is 15.9. The van der Waals surface area contributed by atoms with Gasteiger partial charge in [0.25, 0.3) is 6.43 Å². The van der Waals surface area contributed by atoms with Crippen molar-refractivity contribution in [1.29, 1.82) is 0 Å². The van der Waals surface area contributed by atoms with Crippen molar-refractivity contribution in [2.75, 3.05) is 13.1 Å². The van der Waals surface area contributed by atoms with E-state index in [1.807, 2.05) is 0 Å². The highest BCUT2D eigenvalue weighted by molar-refractivity contribution is 5.92. The molecule has 1 amide bonds. The van der Waals surface area contributed by atoms with Crippen LogP contribution in [0.15, 0.2) is 28.7 Å². The van der Waals surface area contributed by atoms with Crippen LogP contribution in [0.1, 0.15) is 53.6 Å². The van der Waals surface area contributed by atoms with Crippen molar-refractivity contribution in [3.8, 4) is 0 Å². The Morgan fingerprint density at radius 1 is 1.21 bits per heavy atom. The minimum absolute atomic E-state index is 0.0937. The average molecular weight is 457 g/mol. The zero-order chi connectivity index (χ0) is 23.4. The number of aromatic nitrogens is 6. The van der Waals surface area contributed by atoms with Crippen molar-refractivity contribution in [2.45, 2.75) is 46.1 Å². The van der Waals surface area contributed by atoms with E-state index in [0.717, 1.165) is 12.8 Å². The zero-order valence-corrected chi connectivity index (χ0v) is 18.5. The number of carbonyl (C=O) groups excluding carboxylic acids is 1. The van der Waals surface area contributed by atoms with Crippen LogP contribution in [0.25, 0.3) is 6.08 Å². The molecule has 0 bridgehead atoms. The molecular formula is C22H25F2N7O2. The standard InChI is InChI=1S/C22H25F2N7O2/c1-14-25-29-31(28-14)13-19-12-18(22(23)24)4-3-17(19)5-6-21(32)30-9-7-16(8-10-30)11-20-27-26-15(2)33-20/h3-6,12,16,22H,7-11,13H2,1-2H3/b6-5+. The number of rotatable bonds is 7. The Bertz CT molecular complexity index is 1130. The fourth-order valence-corrected chi connectivity index (χ4v) is 3.89. The molecule has 3 aromatic rings. The van der Waals surface area contributed by atoms with Crippen molar-refractivity contribution < 1.29 is 18.0 Å². The number of tetrazole rings is 1. The van der Waals surface area contributed by atoms with Crippen molar-refractivity contribution in [2.24, 2.45) is 5.92 Å². The van der Waals surface area contributed by atoms with Crippen LogP contribution < -0.4 is 0 Å². The third kappa shape index (κ3) is 5.85. The second-order valence-corrected chi connectivity index (χ2v) is 8.15. The molecule has 1 saturated heterocycles. The molecule has 2 aromatic heterocycles. The monoisotopic (exact) mass is 457 g/mol. The van der Waals surface area contributed by atoms with Crippen LogP contribution in [-0.2, 0) is 17.8 Å². The van der Waals surface area contributed by atoms with Gasteiger partial charge in [-0.2, -0.15) is 4.80 Å². The smallest absolute Gasteiger partial charge is 0.263 e. The van der Waals surface area contributed by atoms with Gasteiger partial charge in [-0.1, -0.05) is 12.1 Å². The summed E-state index contributed by atoms with van der Waals surface area (Å²) in [7, 11) is 0. The van der Waals surface area contributed by atoms with Crippen LogP contribution in [0, 0.1) is 19.8 Å². The Morgan fingerprint density at radius 3 is 2.64 bits per heavy atom. The fourth-order valence-electron chi connectivity index (χ4n) is 3.89. The van der Waals surface area contributed by atoms with Gasteiger partial charge in [0.15, 0.2) is 5.82 Å². The summed E-state index contributed by atoms with van der Waals surface area (Å²) in [5, 5.41) is 19.7. The first-order valence-corrected chi connectivity index (χ1v) is 10.8. The molecule has 0 spiro atoms. The lowest BCUT2D eigenvalue weighted by atomic mass is 9.93. The van der Waals surface area contributed by atoms with Gasteiger partial charge >= 0.3 is 0 Å². The van der Waals surface area contributed by atoms with E-state index in [4.69, 9.17) is 4.42 Å². The van der Waals surface area contributed by atoms with E-state index >= 15 is 0 Å². The SMILES string of the molecule is Cc1nnn(Cc2cc(C(F)F)ccc2/C=C/C(=O)N2CCC(Cc3nnc(C)o3)CC2)n1. The van der Waals surface area contributed by atoms with Crippen molar-refractivity contribution in [1.82, 2.24) is 35.3 Å². The first kappa shape index (κ1) is 22.7. The van der Waals surface area contributed by atoms with Gasteiger partial charge in [0.2, 0.25) is 17.7 Å². The molecule has 3 heterocycles. The van der Waals surface area contributed by atoms with Gasteiger partial charge in [-0.05, 0) is 54.2 Å².